The summed E-state index contributed by atoms with van der Waals surface area (Å²) in [5.74, 6) is -5.18. The van der Waals surface area contributed by atoms with Gasteiger partial charge in [0.2, 0.25) is 17.4 Å². The van der Waals surface area contributed by atoms with Crippen LogP contribution >= 0.6 is 0 Å². The number of carbonyl (C=O) groups is 4. The molecule has 4 aromatic rings. The predicted molar refractivity (Wildman–Crippen MR) is 205 cm³/mol. The quantitative estimate of drug-likeness (QED) is 0.0522. The van der Waals surface area contributed by atoms with Gasteiger partial charge in [-0.2, -0.15) is 4.39 Å². The Morgan fingerprint density at radius 2 is 1.79 bits per heavy atom. The summed E-state index contributed by atoms with van der Waals surface area (Å²) < 4.78 is 29.0. The van der Waals surface area contributed by atoms with E-state index in [2.05, 4.69) is 20.3 Å². The van der Waals surface area contributed by atoms with Crippen LogP contribution in [-0.4, -0.2) is 132 Å². The van der Waals surface area contributed by atoms with Gasteiger partial charge in [-0.25, -0.2) is 9.78 Å². The monoisotopic (exact) mass is 855 g/mol. The molecule has 1 amide bonds. The number of imidazole rings is 1. The number of amides is 1. The van der Waals surface area contributed by atoms with Crippen molar-refractivity contribution in [1.29, 1.82) is 0 Å². The molecule has 6 atom stereocenters. The van der Waals surface area contributed by atoms with Crippen molar-refractivity contribution in [2.75, 3.05) is 27.8 Å². The number of halogens is 1. The van der Waals surface area contributed by atoms with E-state index >= 15 is 0 Å². The van der Waals surface area contributed by atoms with Crippen LogP contribution in [0.4, 0.5) is 10.2 Å². The smallest absolute Gasteiger partial charge is 0.325 e. The number of hydrogen-bond donors (Lipinski definition) is 10. The first-order valence-corrected chi connectivity index (χ1v) is 18.1. The lowest BCUT2D eigenvalue weighted by atomic mass is 9.72. The van der Waals surface area contributed by atoms with Crippen LogP contribution in [0.15, 0.2) is 50.6 Å². The van der Waals surface area contributed by atoms with E-state index in [9.17, 15) is 58.7 Å². The fourth-order valence-corrected chi connectivity index (χ4v) is 6.82. The number of ketones is 3. The number of aliphatic hydroxyl groups is 3. The van der Waals surface area contributed by atoms with Crippen molar-refractivity contribution in [3.05, 3.63) is 96.5 Å². The van der Waals surface area contributed by atoms with Gasteiger partial charge in [-0.15, -0.1) is 5.11 Å². The molecule has 326 valence electrons. The number of aromatic nitrogens is 4. The number of carbonyl (C=O) groups excluding carboxylic acids is 4. The number of phenols is 2. The number of nitrogens with one attached hydrogen (secondary N) is 3. The van der Waals surface area contributed by atoms with Crippen LogP contribution in [-0.2, 0) is 20.7 Å². The number of aromatic hydroxyl groups is 2. The largest absolute Gasteiger partial charge is 0.507 e. The third kappa shape index (κ3) is 9.23. The highest BCUT2D eigenvalue weighted by molar-refractivity contribution is 6.31. The van der Waals surface area contributed by atoms with E-state index in [4.69, 9.17) is 25.7 Å². The Kier molecular flexibility index (Phi) is 13.6. The number of benzene rings is 2. The summed E-state index contributed by atoms with van der Waals surface area (Å²) in [6, 6.07) is 3.64. The first kappa shape index (κ1) is 45.4. The Morgan fingerprint density at radius 1 is 1.10 bits per heavy atom. The molecule has 0 bridgehead atoms. The molecule has 2 aromatic carbocycles. The second-order valence-corrected chi connectivity index (χ2v) is 14.1. The minimum Gasteiger partial charge on any atom is -0.507 e. The Morgan fingerprint density at radius 3 is 2.38 bits per heavy atom. The van der Waals surface area contributed by atoms with Gasteiger partial charge in [0.1, 0.15) is 29.5 Å². The average Bonchev–Trinajstić information content (AvgIpc) is 3.70. The molecule has 2 aliphatic carbocycles. The van der Waals surface area contributed by atoms with Crippen LogP contribution in [0.3, 0.4) is 0 Å². The van der Waals surface area contributed by atoms with Crippen molar-refractivity contribution in [2.45, 2.75) is 62.4 Å². The Labute approximate surface area is 342 Å². The standard InChI is InChI=1S/C27H29NO11.C6H10N6O.C4H3FN2O2/c1-10-22(31)13(28)6-17(38-10)39-15-8-27(36,16(30)9-29)7-12-19(15)26(35)21-20(24(12)33)23(32)11-4-3-5-14(37-2)18(11)25(21)34;1-12(2)11-10-6-4(5(7)13)8-3-9-6;5-2-1-6-4(9)7-3(2)8/h3-5,10,13,15,17,22,29,31,33,35-36H,6-9,28H2,1-2H3;3H,1-2H3,(H2,7,13)(H,8,9);1H,(H2,6,7,8,9)/t10-,13-,15-,17-,22-,27-;;/m0../s1. The third-order valence-electron chi connectivity index (χ3n) is 9.76. The summed E-state index contributed by atoms with van der Waals surface area (Å²) in [4.78, 5) is 80.8. The number of H-pyrrole nitrogens is 3. The van der Waals surface area contributed by atoms with E-state index in [1.54, 1.807) is 26.0 Å². The number of ether oxygens (including phenoxy) is 3. The maximum Gasteiger partial charge on any atom is 0.325 e. The van der Waals surface area contributed by atoms with E-state index in [0.29, 0.717) is 6.20 Å². The van der Waals surface area contributed by atoms with Crippen LogP contribution in [0.5, 0.6) is 17.2 Å². The summed E-state index contributed by atoms with van der Waals surface area (Å²) in [7, 11) is 4.74. The number of aromatic amines is 3. The molecule has 0 unspecified atom stereocenters. The number of primary amides is 1. The topological polar surface area (TPSA) is 372 Å². The molecular formula is C37H42FN9O14. The lowest BCUT2D eigenvalue weighted by Gasteiger charge is -2.42. The first-order valence-electron chi connectivity index (χ1n) is 18.1. The zero-order chi connectivity index (χ0) is 45.1. The summed E-state index contributed by atoms with van der Waals surface area (Å²) in [5, 5.41) is 62.6. The molecule has 24 heteroatoms. The van der Waals surface area contributed by atoms with Crippen LogP contribution < -0.4 is 27.5 Å². The molecule has 3 heterocycles. The van der Waals surface area contributed by atoms with Crippen molar-refractivity contribution >= 4 is 29.1 Å². The molecule has 61 heavy (non-hydrogen) atoms. The minimum absolute atomic E-state index is 0.0173. The molecule has 2 aromatic heterocycles. The van der Waals surface area contributed by atoms with Crippen molar-refractivity contribution in [2.24, 2.45) is 21.8 Å². The molecule has 1 aliphatic heterocycles. The molecular weight excluding hydrogens is 813 g/mol. The summed E-state index contributed by atoms with van der Waals surface area (Å²) in [5.41, 5.74) is 5.86. The molecule has 1 saturated heterocycles. The van der Waals surface area contributed by atoms with Gasteiger partial charge in [-0.05, 0) is 13.0 Å². The van der Waals surface area contributed by atoms with E-state index in [-0.39, 0.29) is 45.9 Å². The second-order valence-electron chi connectivity index (χ2n) is 14.1. The fraction of sp³-hybridized carbons (Fsp3) is 0.378. The number of phenolic OH excluding ortho intramolecular Hbond substituents is 2. The van der Waals surface area contributed by atoms with Crippen molar-refractivity contribution in [3.63, 3.8) is 0 Å². The maximum atomic E-state index is 13.6. The summed E-state index contributed by atoms with van der Waals surface area (Å²) >= 11 is 0. The Bertz CT molecular complexity index is 2490. The van der Waals surface area contributed by atoms with E-state index in [1.807, 2.05) is 4.98 Å². The van der Waals surface area contributed by atoms with Gasteiger partial charge >= 0.3 is 5.69 Å². The number of rotatable bonds is 8. The zero-order valence-electron chi connectivity index (χ0n) is 32.8. The Balaban J connectivity index is 0.000000260. The van der Waals surface area contributed by atoms with Crippen LogP contribution in [0.2, 0.25) is 0 Å². The van der Waals surface area contributed by atoms with Gasteiger partial charge in [0.05, 0.1) is 48.4 Å². The molecule has 1 fully saturated rings. The van der Waals surface area contributed by atoms with E-state index < -0.39 is 119 Å². The number of methoxy groups -OCH3 is 1. The molecule has 7 rings (SSSR count). The fourth-order valence-electron chi connectivity index (χ4n) is 6.82. The highest BCUT2D eigenvalue weighted by atomic mass is 19.1. The Hall–Kier alpha value is -6.70. The lowest BCUT2D eigenvalue weighted by molar-refractivity contribution is -0.247. The van der Waals surface area contributed by atoms with Crippen molar-refractivity contribution in [1.82, 2.24) is 24.9 Å². The number of hydrogen-bond acceptors (Lipinski definition) is 18. The van der Waals surface area contributed by atoms with Gasteiger partial charge < -0.3 is 61.2 Å². The minimum atomic E-state index is -2.24. The molecule has 0 spiro atoms. The highest BCUT2D eigenvalue weighted by Gasteiger charge is 2.50. The van der Waals surface area contributed by atoms with Gasteiger partial charge in [0, 0.05) is 62.3 Å². The number of fused-ring (bicyclic) bond motifs is 3. The maximum absolute atomic E-state index is 13.6. The summed E-state index contributed by atoms with van der Waals surface area (Å²) in [6.07, 6.45) is -3.08. The second kappa shape index (κ2) is 18.3. The molecule has 23 nitrogen and oxygen atoms in total. The van der Waals surface area contributed by atoms with E-state index in [0.717, 1.165) is 0 Å². The van der Waals surface area contributed by atoms with Gasteiger partial charge in [-0.3, -0.25) is 34.0 Å². The van der Waals surface area contributed by atoms with Crippen LogP contribution in [0, 0.1) is 5.82 Å². The predicted octanol–water partition coefficient (Wildman–Crippen LogP) is -0.727. The van der Waals surface area contributed by atoms with Crippen LogP contribution in [0.1, 0.15) is 79.3 Å². The SMILES string of the molecule is CN(C)N=Nc1nc[nH]c1C(N)=O.COc1cccc2c1C(=O)c1c(O)c3c(c(O)c1C2=O)C[C@@](O)(C(=O)CO)C[C@@H]3O[C@H]1C[C@H](N)[C@@H](O)[C@H](C)O1.O=c1[nH]cc(F)c(=O)[nH]1. The normalized spacial score (nSPS) is 22.7. The van der Waals surface area contributed by atoms with Gasteiger partial charge in [-0.1, -0.05) is 17.4 Å². The number of aliphatic hydroxyl groups excluding tert-OH is 2. The highest BCUT2D eigenvalue weighted by Crippen LogP contribution is 2.52. The number of nitrogens with zero attached hydrogens (tertiary/aromatic N) is 4. The average molecular weight is 856 g/mol. The number of nitrogens with two attached hydrogens (primary N) is 2. The van der Waals surface area contributed by atoms with Crippen LogP contribution in [0.25, 0.3) is 0 Å². The third-order valence-corrected chi connectivity index (χ3v) is 9.76. The van der Waals surface area contributed by atoms with Gasteiger partial charge in [0.25, 0.3) is 11.5 Å². The number of Topliss-reactive ketones (excluding diaryl/α,β-unsaturated/α-hetero) is 1. The molecule has 12 N–H and O–H groups in total. The molecule has 3 aliphatic rings. The van der Waals surface area contributed by atoms with Crippen molar-refractivity contribution < 1.29 is 63.3 Å². The van der Waals surface area contributed by atoms with E-state index in [1.165, 1.54) is 36.6 Å². The lowest BCUT2D eigenvalue weighted by Crippen LogP contribution is -2.53. The molecule has 0 radical (unpaired) electrons. The zero-order valence-corrected chi connectivity index (χ0v) is 32.8. The van der Waals surface area contributed by atoms with Gasteiger partial charge in [0.15, 0.2) is 23.6 Å². The molecule has 0 saturated carbocycles. The summed E-state index contributed by atoms with van der Waals surface area (Å²) in [6.45, 7) is 0.560. The van der Waals surface area contributed by atoms with Crippen molar-refractivity contribution in [3.8, 4) is 17.2 Å². The first-order chi connectivity index (χ1) is 28.7.